The van der Waals surface area contributed by atoms with E-state index in [1.807, 2.05) is 23.7 Å². The summed E-state index contributed by atoms with van der Waals surface area (Å²) in [5, 5.41) is 8.93. The number of thioether (sulfide) groups is 1. The second kappa shape index (κ2) is 6.03. The molecular formula is C14H11BrFN3OS. The van der Waals surface area contributed by atoms with Crippen molar-refractivity contribution in [2.24, 2.45) is 7.05 Å². The van der Waals surface area contributed by atoms with Crippen LogP contribution in [0.4, 0.5) is 4.39 Å². The summed E-state index contributed by atoms with van der Waals surface area (Å²) in [6, 6.07) is 8.67. The van der Waals surface area contributed by atoms with Crippen molar-refractivity contribution in [3.8, 4) is 11.6 Å². The first-order chi connectivity index (χ1) is 10.1. The van der Waals surface area contributed by atoms with Gasteiger partial charge in [-0.1, -0.05) is 33.8 Å². The molecule has 0 radical (unpaired) electrons. The molecule has 2 heterocycles. The molecule has 0 N–H and O–H groups in total. The number of nitrogens with zero attached hydrogens (tertiary/aromatic N) is 3. The normalized spacial score (nSPS) is 11.0. The van der Waals surface area contributed by atoms with Gasteiger partial charge in [-0.3, -0.25) is 0 Å². The van der Waals surface area contributed by atoms with Crippen molar-refractivity contribution >= 4 is 27.7 Å². The van der Waals surface area contributed by atoms with Gasteiger partial charge < -0.3 is 8.98 Å². The van der Waals surface area contributed by atoms with Crippen LogP contribution >= 0.6 is 27.7 Å². The fraction of sp³-hybridized carbons (Fsp3) is 0.143. The maximum atomic E-state index is 13.8. The second-order valence-electron chi connectivity index (χ2n) is 4.37. The number of halogens is 2. The first-order valence-electron chi connectivity index (χ1n) is 6.15. The monoisotopic (exact) mass is 367 g/mol. The first kappa shape index (κ1) is 14.3. The molecule has 0 aliphatic rings. The third kappa shape index (κ3) is 3.03. The van der Waals surface area contributed by atoms with Crippen LogP contribution in [0.1, 0.15) is 5.56 Å². The zero-order chi connectivity index (χ0) is 14.8. The van der Waals surface area contributed by atoms with Crippen LogP contribution in [0.5, 0.6) is 0 Å². The maximum Gasteiger partial charge on any atom is 0.200 e. The predicted octanol–water partition coefficient (Wildman–Crippen LogP) is 4.27. The Labute approximate surface area is 133 Å². The zero-order valence-electron chi connectivity index (χ0n) is 11.1. The SMILES string of the molecule is Cn1c(SCc2ccc(Br)cc2F)nnc1-c1ccco1. The average molecular weight is 368 g/mol. The lowest BCUT2D eigenvalue weighted by atomic mass is 10.2. The van der Waals surface area contributed by atoms with Gasteiger partial charge >= 0.3 is 0 Å². The van der Waals surface area contributed by atoms with E-state index in [0.29, 0.717) is 28.1 Å². The third-order valence-corrected chi connectivity index (χ3v) is 4.51. The van der Waals surface area contributed by atoms with Crippen molar-refractivity contribution in [3.05, 3.63) is 52.4 Å². The number of hydrogen-bond acceptors (Lipinski definition) is 4. The van der Waals surface area contributed by atoms with Crippen LogP contribution in [0.3, 0.4) is 0 Å². The molecule has 3 aromatic rings. The van der Waals surface area contributed by atoms with E-state index in [2.05, 4.69) is 26.1 Å². The summed E-state index contributed by atoms with van der Waals surface area (Å²) < 4.78 is 21.7. The summed E-state index contributed by atoms with van der Waals surface area (Å²) in [4.78, 5) is 0. The Balaban J connectivity index is 1.77. The average Bonchev–Trinajstić information content (AvgIpc) is 3.08. The molecule has 7 heteroatoms. The number of benzene rings is 1. The Morgan fingerprint density at radius 2 is 2.19 bits per heavy atom. The molecular weight excluding hydrogens is 357 g/mol. The molecule has 0 spiro atoms. The van der Waals surface area contributed by atoms with E-state index in [9.17, 15) is 4.39 Å². The zero-order valence-corrected chi connectivity index (χ0v) is 13.5. The molecule has 1 aromatic carbocycles. The van der Waals surface area contributed by atoms with Gasteiger partial charge in [0.25, 0.3) is 0 Å². The number of aromatic nitrogens is 3. The summed E-state index contributed by atoms with van der Waals surface area (Å²) in [6.07, 6.45) is 1.59. The predicted molar refractivity (Wildman–Crippen MR) is 82.4 cm³/mol. The van der Waals surface area contributed by atoms with Gasteiger partial charge in [0.2, 0.25) is 0 Å². The van der Waals surface area contributed by atoms with Crippen LogP contribution in [0.15, 0.2) is 50.6 Å². The van der Waals surface area contributed by atoms with E-state index in [1.54, 1.807) is 18.4 Å². The lowest BCUT2D eigenvalue weighted by Gasteiger charge is -2.04. The highest BCUT2D eigenvalue weighted by molar-refractivity contribution is 9.10. The Bertz CT molecular complexity index is 758. The van der Waals surface area contributed by atoms with Crippen LogP contribution in [0, 0.1) is 5.82 Å². The van der Waals surface area contributed by atoms with Crippen molar-refractivity contribution in [3.63, 3.8) is 0 Å². The van der Waals surface area contributed by atoms with Crippen molar-refractivity contribution in [1.82, 2.24) is 14.8 Å². The highest BCUT2D eigenvalue weighted by Crippen LogP contribution is 2.27. The fourth-order valence-electron chi connectivity index (χ4n) is 1.84. The van der Waals surface area contributed by atoms with Crippen LogP contribution in [0.2, 0.25) is 0 Å². The smallest absolute Gasteiger partial charge is 0.200 e. The van der Waals surface area contributed by atoms with E-state index < -0.39 is 0 Å². The van der Waals surface area contributed by atoms with Gasteiger partial charge in [0, 0.05) is 17.3 Å². The summed E-state index contributed by atoms with van der Waals surface area (Å²) in [5.74, 6) is 1.57. The minimum atomic E-state index is -0.231. The van der Waals surface area contributed by atoms with Crippen molar-refractivity contribution < 1.29 is 8.81 Å². The molecule has 0 aliphatic heterocycles. The minimum Gasteiger partial charge on any atom is -0.461 e. The van der Waals surface area contributed by atoms with E-state index in [1.165, 1.54) is 17.8 Å². The maximum absolute atomic E-state index is 13.8. The summed E-state index contributed by atoms with van der Waals surface area (Å²) in [7, 11) is 1.86. The molecule has 0 saturated heterocycles. The van der Waals surface area contributed by atoms with E-state index in [0.717, 1.165) is 4.47 Å². The summed E-state index contributed by atoms with van der Waals surface area (Å²) in [6.45, 7) is 0. The van der Waals surface area contributed by atoms with Crippen molar-refractivity contribution in [2.75, 3.05) is 0 Å². The molecule has 0 amide bonds. The van der Waals surface area contributed by atoms with Gasteiger partial charge in [-0.15, -0.1) is 10.2 Å². The van der Waals surface area contributed by atoms with Gasteiger partial charge in [-0.25, -0.2) is 4.39 Å². The Morgan fingerprint density at radius 1 is 1.33 bits per heavy atom. The largest absolute Gasteiger partial charge is 0.461 e. The van der Waals surface area contributed by atoms with Gasteiger partial charge in [-0.05, 0) is 29.8 Å². The van der Waals surface area contributed by atoms with Crippen LogP contribution in [0.25, 0.3) is 11.6 Å². The third-order valence-electron chi connectivity index (χ3n) is 2.95. The first-order valence-corrected chi connectivity index (χ1v) is 7.93. The van der Waals surface area contributed by atoms with Crippen molar-refractivity contribution in [2.45, 2.75) is 10.9 Å². The van der Waals surface area contributed by atoms with Crippen LogP contribution < -0.4 is 0 Å². The molecule has 3 rings (SSSR count). The lowest BCUT2D eigenvalue weighted by Crippen LogP contribution is -1.95. The Kier molecular flexibility index (Phi) is 4.12. The number of rotatable bonds is 4. The molecule has 21 heavy (non-hydrogen) atoms. The van der Waals surface area contributed by atoms with Gasteiger partial charge in [0.05, 0.1) is 6.26 Å². The molecule has 2 aromatic heterocycles. The van der Waals surface area contributed by atoms with Crippen LogP contribution in [-0.2, 0) is 12.8 Å². The molecule has 108 valence electrons. The van der Waals surface area contributed by atoms with E-state index >= 15 is 0 Å². The topological polar surface area (TPSA) is 43.9 Å². The standard InChI is InChI=1S/C14H11BrFN3OS/c1-19-13(12-3-2-6-20-12)17-18-14(19)21-8-9-4-5-10(15)7-11(9)16/h2-7H,8H2,1H3. The molecule has 0 atom stereocenters. The number of hydrogen-bond donors (Lipinski definition) is 0. The molecule has 0 aliphatic carbocycles. The second-order valence-corrected chi connectivity index (χ2v) is 6.23. The van der Waals surface area contributed by atoms with E-state index in [4.69, 9.17) is 4.42 Å². The summed E-state index contributed by atoms with van der Waals surface area (Å²) >= 11 is 4.68. The quantitative estimate of drug-likeness (QED) is 0.645. The summed E-state index contributed by atoms with van der Waals surface area (Å²) in [5.41, 5.74) is 0.630. The van der Waals surface area contributed by atoms with Gasteiger partial charge in [0.1, 0.15) is 5.82 Å². The molecule has 0 bridgehead atoms. The van der Waals surface area contributed by atoms with Gasteiger partial charge in [-0.2, -0.15) is 0 Å². The van der Waals surface area contributed by atoms with E-state index in [-0.39, 0.29) is 5.82 Å². The molecule has 0 saturated carbocycles. The lowest BCUT2D eigenvalue weighted by molar-refractivity contribution is 0.572. The minimum absolute atomic E-state index is 0.231. The van der Waals surface area contributed by atoms with Crippen molar-refractivity contribution in [1.29, 1.82) is 0 Å². The van der Waals surface area contributed by atoms with Gasteiger partial charge in [0.15, 0.2) is 16.7 Å². The highest BCUT2D eigenvalue weighted by Gasteiger charge is 2.14. The molecule has 0 fully saturated rings. The fourth-order valence-corrected chi connectivity index (χ4v) is 3.07. The highest BCUT2D eigenvalue weighted by atomic mass is 79.9. The molecule has 4 nitrogen and oxygen atoms in total. The number of furan rings is 1. The Morgan fingerprint density at radius 3 is 2.90 bits per heavy atom. The Hall–Kier alpha value is -1.60. The van der Waals surface area contributed by atoms with Crippen LogP contribution in [-0.4, -0.2) is 14.8 Å². The molecule has 0 unspecified atom stereocenters.